The number of rotatable bonds is 3. The van der Waals surface area contributed by atoms with Crippen LogP contribution in [0, 0.1) is 0 Å². The van der Waals surface area contributed by atoms with Crippen LogP contribution in [0.1, 0.15) is 12.8 Å². The van der Waals surface area contributed by atoms with E-state index >= 15 is 0 Å². The maximum absolute atomic E-state index is 5.73. The van der Waals surface area contributed by atoms with Crippen LogP contribution in [0.3, 0.4) is 0 Å². The summed E-state index contributed by atoms with van der Waals surface area (Å²) in [6.07, 6.45) is 3.13. The summed E-state index contributed by atoms with van der Waals surface area (Å²) in [6.45, 7) is 5.61. The van der Waals surface area contributed by atoms with Crippen LogP contribution in [-0.4, -0.2) is 61.8 Å². The molecule has 14 heavy (non-hydrogen) atoms. The summed E-state index contributed by atoms with van der Waals surface area (Å²) in [7, 11) is 2.00. The first-order valence-corrected chi connectivity index (χ1v) is 5.70. The van der Waals surface area contributed by atoms with Gasteiger partial charge in [-0.3, -0.25) is 9.80 Å². The van der Waals surface area contributed by atoms with E-state index in [-0.39, 0.29) is 0 Å². The summed E-state index contributed by atoms with van der Waals surface area (Å²) >= 11 is 0. The van der Waals surface area contributed by atoms with Crippen molar-refractivity contribution in [2.45, 2.75) is 25.0 Å². The lowest BCUT2D eigenvalue weighted by Gasteiger charge is -2.41. The Morgan fingerprint density at radius 1 is 1.43 bits per heavy atom. The van der Waals surface area contributed by atoms with E-state index in [0.29, 0.717) is 12.7 Å². The Balaban J connectivity index is 1.90. The van der Waals surface area contributed by atoms with Crippen LogP contribution in [0.5, 0.6) is 0 Å². The predicted octanol–water partition coefficient (Wildman–Crippen LogP) is -0.729. The minimum absolute atomic E-state index is 0.373. The molecular formula is C10H22N4. The lowest BCUT2D eigenvalue weighted by molar-refractivity contribution is 0.0648. The summed E-state index contributed by atoms with van der Waals surface area (Å²) in [5.41, 5.74) is 5.73. The van der Waals surface area contributed by atoms with Gasteiger partial charge in [-0.05, 0) is 26.4 Å². The fourth-order valence-electron chi connectivity index (χ4n) is 2.75. The summed E-state index contributed by atoms with van der Waals surface area (Å²) in [5.74, 6) is 0. The van der Waals surface area contributed by atoms with Crippen molar-refractivity contribution >= 4 is 0 Å². The molecule has 2 aliphatic heterocycles. The summed E-state index contributed by atoms with van der Waals surface area (Å²) in [5, 5.41) is 3.28. The number of likely N-dealkylation sites (N-methyl/N-ethyl adjacent to an activating group) is 1. The van der Waals surface area contributed by atoms with Crippen molar-refractivity contribution in [3.8, 4) is 0 Å². The molecule has 2 heterocycles. The van der Waals surface area contributed by atoms with Crippen molar-refractivity contribution in [3.05, 3.63) is 0 Å². The van der Waals surface area contributed by atoms with Crippen LogP contribution in [0.25, 0.3) is 0 Å². The Kier molecular flexibility index (Phi) is 3.38. The molecule has 0 aromatic rings. The lowest BCUT2D eigenvalue weighted by atomic mass is 10.1. The highest BCUT2D eigenvalue weighted by Gasteiger charge is 2.32. The molecule has 82 valence electrons. The fourth-order valence-corrected chi connectivity index (χ4v) is 2.75. The van der Waals surface area contributed by atoms with E-state index < -0.39 is 0 Å². The van der Waals surface area contributed by atoms with Crippen LogP contribution in [0.15, 0.2) is 0 Å². The van der Waals surface area contributed by atoms with Gasteiger partial charge in [0.05, 0.1) is 6.17 Å². The SMILES string of the molecule is CNC(CN)N1CCN2CCCC2C1. The molecule has 0 aliphatic carbocycles. The monoisotopic (exact) mass is 198 g/mol. The highest BCUT2D eigenvalue weighted by Crippen LogP contribution is 2.21. The van der Waals surface area contributed by atoms with Gasteiger partial charge in [0.1, 0.15) is 0 Å². The highest BCUT2D eigenvalue weighted by atomic mass is 15.3. The van der Waals surface area contributed by atoms with Gasteiger partial charge in [-0.25, -0.2) is 0 Å². The van der Waals surface area contributed by atoms with E-state index in [9.17, 15) is 0 Å². The summed E-state index contributed by atoms with van der Waals surface area (Å²) in [6, 6.07) is 0.797. The highest BCUT2D eigenvalue weighted by molar-refractivity contribution is 4.88. The van der Waals surface area contributed by atoms with Crippen LogP contribution >= 0.6 is 0 Å². The molecule has 2 aliphatic rings. The Morgan fingerprint density at radius 3 is 3.00 bits per heavy atom. The molecule has 3 N–H and O–H groups in total. The molecule has 0 spiro atoms. The van der Waals surface area contributed by atoms with E-state index in [4.69, 9.17) is 5.73 Å². The molecule has 2 unspecified atom stereocenters. The molecule has 0 amide bonds. The van der Waals surface area contributed by atoms with Gasteiger partial charge in [0.15, 0.2) is 0 Å². The minimum atomic E-state index is 0.373. The Morgan fingerprint density at radius 2 is 2.29 bits per heavy atom. The Labute approximate surface area is 86.4 Å². The third kappa shape index (κ3) is 1.93. The molecule has 0 aromatic carbocycles. The van der Waals surface area contributed by atoms with Gasteiger partial charge < -0.3 is 11.1 Å². The maximum Gasteiger partial charge on any atom is 0.0722 e. The quantitative estimate of drug-likeness (QED) is 0.627. The smallest absolute Gasteiger partial charge is 0.0722 e. The van der Waals surface area contributed by atoms with Crippen LogP contribution in [0.2, 0.25) is 0 Å². The topological polar surface area (TPSA) is 44.5 Å². The van der Waals surface area contributed by atoms with Gasteiger partial charge in [-0.15, -0.1) is 0 Å². The number of nitrogens with two attached hydrogens (primary N) is 1. The zero-order chi connectivity index (χ0) is 9.97. The Hall–Kier alpha value is -0.160. The molecule has 2 atom stereocenters. The van der Waals surface area contributed by atoms with E-state index in [0.717, 1.165) is 6.04 Å². The normalized spacial score (nSPS) is 31.7. The van der Waals surface area contributed by atoms with Crippen molar-refractivity contribution in [1.29, 1.82) is 0 Å². The molecule has 2 rings (SSSR count). The lowest BCUT2D eigenvalue weighted by Crippen LogP contribution is -2.58. The molecule has 0 saturated carbocycles. The second-order valence-corrected chi connectivity index (χ2v) is 4.37. The van der Waals surface area contributed by atoms with Crippen molar-refractivity contribution in [2.24, 2.45) is 5.73 Å². The third-order valence-electron chi connectivity index (χ3n) is 3.62. The maximum atomic E-state index is 5.73. The molecular weight excluding hydrogens is 176 g/mol. The molecule has 2 saturated heterocycles. The minimum Gasteiger partial charge on any atom is -0.328 e. The number of fused-ring (bicyclic) bond motifs is 1. The van der Waals surface area contributed by atoms with Gasteiger partial charge in [0.2, 0.25) is 0 Å². The van der Waals surface area contributed by atoms with Crippen LogP contribution in [0.4, 0.5) is 0 Å². The van der Waals surface area contributed by atoms with Crippen molar-refractivity contribution < 1.29 is 0 Å². The zero-order valence-corrected chi connectivity index (χ0v) is 9.08. The van der Waals surface area contributed by atoms with E-state index in [1.807, 2.05) is 7.05 Å². The van der Waals surface area contributed by atoms with Gasteiger partial charge in [0, 0.05) is 32.2 Å². The average Bonchev–Trinajstić information content (AvgIpc) is 2.66. The average molecular weight is 198 g/mol. The predicted molar refractivity (Wildman–Crippen MR) is 58.1 cm³/mol. The second-order valence-electron chi connectivity index (χ2n) is 4.37. The van der Waals surface area contributed by atoms with Crippen molar-refractivity contribution in [1.82, 2.24) is 15.1 Å². The molecule has 4 nitrogen and oxygen atoms in total. The third-order valence-corrected chi connectivity index (χ3v) is 3.62. The van der Waals surface area contributed by atoms with Crippen LogP contribution < -0.4 is 11.1 Å². The molecule has 4 heteroatoms. The van der Waals surface area contributed by atoms with Gasteiger partial charge >= 0.3 is 0 Å². The first kappa shape index (κ1) is 10.4. The molecule has 2 fully saturated rings. The molecule has 0 radical (unpaired) electrons. The number of piperazine rings is 1. The Bertz CT molecular complexity index is 181. The summed E-state index contributed by atoms with van der Waals surface area (Å²) in [4.78, 5) is 5.12. The van der Waals surface area contributed by atoms with Crippen molar-refractivity contribution in [2.75, 3.05) is 39.8 Å². The van der Waals surface area contributed by atoms with Gasteiger partial charge in [0.25, 0.3) is 0 Å². The van der Waals surface area contributed by atoms with Gasteiger partial charge in [-0.1, -0.05) is 0 Å². The van der Waals surface area contributed by atoms with Crippen LogP contribution in [-0.2, 0) is 0 Å². The largest absolute Gasteiger partial charge is 0.328 e. The first-order chi connectivity index (χ1) is 6.85. The fraction of sp³-hybridized carbons (Fsp3) is 1.00. The number of hydrogen-bond acceptors (Lipinski definition) is 4. The second kappa shape index (κ2) is 4.57. The first-order valence-electron chi connectivity index (χ1n) is 5.70. The number of nitrogens with zero attached hydrogens (tertiary/aromatic N) is 2. The van der Waals surface area contributed by atoms with Gasteiger partial charge in [-0.2, -0.15) is 0 Å². The summed E-state index contributed by atoms with van der Waals surface area (Å²) < 4.78 is 0. The van der Waals surface area contributed by atoms with E-state index in [2.05, 4.69) is 15.1 Å². The number of hydrogen-bond donors (Lipinski definition) is 2. The number of nitrogens with one attached hydrogen (secondary N) is 1. The van der Waals surface area contributed by atoms with E-state index in [1.165, 1.54) is 39.0 Å². The standard InChI is InChI=1S/C10H22N4/c1-12-10(7-11)14-6-5-13-4-2-3-9(13)8-14/h9-10,12H,2-8,11H2,1H3. The molecule has 0 aromatic heterocycles. The molecule has 0 bridgehead atoms. The van der Waals surface area contributed by atoms with Crippen molar-refractivity contribution in [3.63, 3.8) is 0 Å². The van der Waals surface area contributed by atoms with E-state index in [1.54, 1.807) is 0 Å². The zero-order valence-electron chi connectivity index (χ0n) is 9.08.